The van der Waals surface area contributed by atoms with Gasteiger partial charge in [0.2, 0.25) is 0 Å². The van der Waals surface area contributed by atoms with Gasteiger partial charge in [0.25, 0.3) is 10.1 Å². The smallest absolute Gasteiger partial charge is 0.295 e. The maximum absolute atomic E-state index is 13.4. The molecule has 0 atom stereocenters. The standard InChI is InChI=1S/C22H16N2O5S/c1-10-7-8-16(30(27,28)29)18-19(10)24-15-9-13-20(11(2)17(15)22(18)26)23-14-6-4-3-5-12(14)21(13)25/h3-9H,1-2H3,(H,23,25)(H,24,26)(H,27,28,29). The Kier molecular flexibility index (Phi) is 3.71. The molecule has 2 aromatic heterocycles. The second kappa shape index (κ2) is 6.01. The van der Waals surface area contributed by atoms with Crippen LogP contribution in [-0.2, 0) is 10.1 Å². The summed E-state index contributed by atoms with van der Waals surface area (Å²) in [4.78, 5) is 32.4. The molecule has 30 heavy (non-hydrogen) atoms. The van der Waals surface area contributed by atoms with Crippen molar-refractivity contribution >= 4 is 53.7 Å². The Bertz CT molecular complexity index is 1780. The van der Waals surface area contributed by atoms with Crippen LogP contribution in [-0.4, -0.2) is 22.9 Å². The van der Waals surface area contributed by atoms with Crippen molar-refractivity contribution in [1.29, 1.82) is 0 Å². The molecule has 3 aromatic carbocycles. The fourth-order valence-corrected chi connectivity index (χ4v) is 4.86. The molecule has 3 N–H and O–H groups in total. The van der Waals surface area contributed by atoms with Gasteiger partial charge in [0.15, 0.2) is 10.9 Å². The average Bonchev–Trinajstić information content (AvgIpc) is 2.69. The van der Waals surface area contributed by atoms with Crippen molar-refractivity contribution in [3.63, 3.8) is 0 Å². The van der Waals surface area contributed by atoms with E-state index in [1.165, 1.54) is 12.1 Å². The lowest BCUT2D eigenvalue weighted by atomic mass is 9.99. The van der Waals surface area contributed by atoms with Crippen molar-refractivity contribution in [3.05, 3.63) is 74.0 Å². The predicted molar refractivity (Wildman–Crippen MR) is 117 cm³/mol. The summed E-state index contributed by atoms with van der Waals surface area (Å²) in [7, 11) is -4.61. The Balaban J connectivity index is 2.10. The summed E-state index contributed by atoms with van der Waals surface area (Å²) in [5.41, 5.74) is 2.36. The lowest BCUT2D eigenvalue weighted by Crippen LogP contribution is -2.13. The number of H-pyrrole nitrogens is 2. The number of hydrogen-bond acceptors (Lipinski definition) is 4. The van der Waals surface area contributed by atoms with E-state index in [9.17, 15) is 22.6 Å². The van der Waals surface area contributed by atoms with Crippen LogP contribution in [0.4, 0.5) is 0 Å². The lowest BCUT2D eigenvalue weighted by Gasteiger charge is -2.12. The highest BCUT2D eigenvalue weighted by Crippen LogP contribution is 2.29. The number of fused-ring (bicyclic) bond motifs is 4. The van der Waals surface area contributed by atoms with Gasteiger partial charge >= 0.3 is 0 Å². The third-order valence-electron chi connectivity index (χ3n) is 5.62. The SMILES string of the molecule is Cc1ccc(S(=O)(=O)O)c2c(=O)c3c(C)c4[nH]c5ccccc5c(=O)c4cc3[nH]c12. The highest BCUT2D eigenvalue weighted by Gasteiger charge is 2.21. The Morgan fingerprint density at radius 3 is 2.23 bits per heavy atom. The molecule has 0 bridgehead atoms. The number of aromatic nitrogens is 2. The Hall–Kier alpha value is -3.49. The van der Waals surface area contributed by atoms with E-state index < -0.39 is 20.4 Å². The van der Waals surface area contributed by atoms with Gasteiger partial charge in [-0.05, 0) is 49.2 Å². The maximum Gasteiger partial charge on any atom is 0.295 e. The zero-order chi connectivity index (χ0) is 21.4. The number of rotatable bonds is 1. The topological polar surface area (TPSA) is 120 Å². The first-order valence-electron chi connectivity index (χ1n) is 9.19. The molecule has 0 aliphatic carbocycles. The fraction of sp³-hybridized carbons (Fsp3) is 0.0909. The summed E-state index contributed by atoms with van der Waals surface area (Å²) in [6, 6.07) is 11.5. The van der Waals surface area contributed by atoms with Crippen molar-refractivity contribution in [1.82, 2.24) is 9.97 Å². The van der Waals surface area contributed by atoms with Crippen LogP contribution in [0.3, 0.4) is 0 Å². The number of pyridine rings is 2. The summed E-state index contributed by atoms with van der Waals surface area (Å²) in [5.74, 6) is 0. The molecule has 0 saturated carbocycles. The van der Waals surface area contributed by atoms with Gasteiger partial charge in [0.05, 0.1) is 27.3 Å². The molecule has 0 radical (unpaired) electrons. The predicted octanol–water partition coefficient (Wildman–Crippen LogP) is 3.54. The van der Waals surface area contributed by atoms with Crippen molar-refractivity contribution in [2.24, 2.45) is 0 Å². The monoisotopic (exact) mass is 420 g/mol. The van der Waals surface area contributed by atoms with Gasteiger partial charge in [0, 0.05) is 16.3 Å². The quantitative estimate of drug-likeness (QED) is 0.283. The van der Waals surface area contributed by atoms with Crippen molar-refractivity contribution < 1.29 is 13.0 Å². The lowest BCUT2D eigenvalue weighted by molar-refractivity contribution is 0.484. The summed E-state index contributed by atoms with van der Waals surface area (Å²) in [6.07, 6.45) is 0. The van der Waals surface area contributed by atoms with Gasteiger partial charge in [-0.15, -0.1) is 0 Å². The van der Waals surface area contributed by atoms with E-state index in [-0.39, 0.29) is 16.2 Å². The van der Waals surface area contributed by atoms with Crippen molar-refractivity contribution in [2.75, 3.05) is 0 Å². The third kappa shape index (κ3) is 2.44. The first-order valence-corrected chi connectivity index (χ1v) is 10.6. The average molecular weight is 420 g/mol. The Labute approximate surface area is 169 Å². The minimum Gasteiger partial charge on any atom is -0.354 e. The Morgan fingerprint density at radius 2 is 1.50 bits per heavy atom. The van der Waals surface area contributed by atoms with Gasteiger partial charge in [-0.1, -0.05) is 18.2 Å². The molecule has 8 heteroatoms. The molecule has 5 aromatic rings. The number of para-hydroxylation sites is 1. The number of nitrogens with one attached hydrogen (secondary N) is 2. The van der Waals surface area contributed by atoms with Gasteiger partial charge < -0.3 is 9.97 Å². The minimum atomic E-state index is -4.61. The van der Waals surface area contributed by atoms with E-state index in [2.05, 4.69) is 9.97 Å². The second-order valence-electron chi connectivity index (χ2n) is 7.41. The molecule has 0 spiro atoms. The van der Waals surface area contributed by atoms with Gasteiger partial charge in [0.1, 0.15) is 4.90 Å². The largest absolute Gasteiger partial charge is 0.354 e. The van der Waals surface area contributed by atoms with Crippen LogP contribution in [0, 0.1) is 13.8 Å². The van der Waals surface area contributed by atoms with Crippen LogP contribution in [0.25, 0.3) is 43.6 Å². The van der Waals surface area contributed by atoms with E-state index in [1.54, 1.807) is 38.1 Å². The van der Waals surface area contributed by atoms with Crippen LogP contribution in [0.5, 0.6) is 0 Å². The van der Waals surface area contributed by atoms with Crippen LogP contribution < -0.4 is 10.9 Å². The summed E-state index contributed by atoms with van der Waals surface area (Å²) in [5, 5.41) is 1.13. The molecule has 0 saturated heterocycles. The zero-order valence-corrected chi connectivity index (χ0v) is 16.8. The number of benzene rings is 3. The van der Waals surface area contributed by atoms with E-state index in [4.69, 9.17) is 0 Å². The van der Waals surface area contributed by atoms with Crippen molar-refractivity contribution in [3.8, 4) is 0 Å². The fourth-order valence-electron chi connectivity index (χ4n) is 4.17. The molecule has 7 nitrogen and oxygen atoms in total. The summed E-state index contributed by atoms with van der Waals surface area (Å²) < 4.78 is 33.4. The van der Waals surface area contributed by atoms with Crippen LogP contribution in [0.1, 0.15) is 11.1 Å². The highest BCUT2D eigenvalue weighted by atomic mass is 32.2. The van der Waals surface area contributed by atoms with E-state index in [0.717, 1.165) is 0 Å². The van der Waals surface area contributed by atoms with E-state index in [0.29, 0.717) is 44.0 Å². The maximum atomic E-state index is 13.4. The molecule has 2 heterocycles. The van der Waals surface area contributed by atoms with Gasteiger partial charge in [-0.2, -0.15) is 8.42 Å². The number of aryl methyl sites for hydroxylation is 2. The normalized spacial score (nSPS) is 12.4. The van der Waals surface area contributed by atoms with Gasteiger partial charge in [-0.25, -0.2) is 0 Å². The van der Waals surface area contributed by atoms with Gasteiger partial charge in [-0.3, -0.25) is 14.1 Å². The third-order valence-corrected chi connectivity index (χ3v) is 6.52. The molecule has 150 valence electrons. The molecule has 5 rings (SSSR count). The molecule has 0 aliphatic rings. The summed E-state index contributed by atoms with van der Waals surface area (Å²) in [6.45, 7) is 3.44. The molecule has 0 fully saturated rings. The van der Waals surface area contributed by atoms with E-state index in [1.807, 2.05) is 6.07 Å². The second-order valence-corrected chi connectivity index (χ2v) is 8.80. The molecule has 0 unspecified atom stereocenters. The van der Waals surface area contributed by atoms with Crippen molar-refractivity contribution in [2.45, 2.75) is 18.7 Å². The molecule has 0 aliphatic heterocycles. The molecular weight excluding hydrogens is 404 g/mol. The minimum absolute atomic E-state index is 0.101. The van der Waals surface area contributed by atoms with Crippen LogP contribution >= 0.6 is 0 Å². The number of aromatic amines is 2. The first kappa shape index (κ1) is 18.5. The van der Waals surface area contributed by atoms with Crippen LogP contribution in [0.15, 0.2) is 56.9 Å². The molecule has 0 amide bonds. The zero-order valence-electron chi connectivity index (χ0n) is 16.0. The number of hydrogen-bond donors (Lipinski definition) is 3. The molecular formula is C22H16N2O5S. The Morgan fingerprint density at radius 1 is 0.800 bits per heavy atom. The van der Waals surface area contributed by atoms with Crippen LogP contribution in [0.2, 0.25) is 0 Å². The van der Waals surface area contributed by atoms with E-state index >= 15 is 0 Å². The highest BCUT2D eigenvalue weighted by molar-refractivity contribution is 7.86. The first-order chi connectivity index (χ1) is 14.2. The summed E-state index contributed by atoms with van der Waals surface area (Å²) >= 11 is 0.